The first-order chi connectivity index (χ1) is 9.71. The maximum absolute atomic E-state index is 5.69. The van der Waals surface area contributed by atoms with E-state index in [1.54, 1.807) is 18.4 Å². The summed E-state index contributed by atoms with van der Waals surface area (Å²) in [5.41, 5.74) is 7.73. The summed E-state index contributed by atoms with van der Waals surface area (Å²) in [5.74, 6) is 1.24. The van der Waals surface area contributed by atoms with Crippen LogP contribution in [0.3, 0.4) is 0 Å². The molecular formula is C15H21N3OS. The smallest absolute Gasteiger partial charge is 0.183 e. The molecule has 1 unspecified atom stereocenters. The first kappa shape index (κ1) is 14.8. The van der Waals surface area contributed by atoms with Crippen molar-refractivity contribution in [2.45, 2.75) is 19.3 Å². The summed E-state index contributed by atoms with van der Waals surface area (Å²) in [6, 6.07) is 7.99. The van der Waals surface area contributed by atoms with E-state index in [9.17, 15) is 0 Å². The monoisotopic (exact) mass is 291 g/mol. The van der Waals surface area contributed by atoms with Crippen LogP contribution in [0.15, 0.2) is 24.3 Å². The van der Waals surface area contributed by atoms with Gasteiger partial charge in [0.1, 0.15) is 5.75 Å². The van der Waals surface area contributed by atoms with Gasteiger partial charge in [0.2, 0.25) is 0 Å². The van der Waals surface area contributed by atoms with Crippen molar-refractivity contribution >= 4 is 16.5 Å². The topological polar surface area (TPSA) is 60.2 Å². The largest absolute Gasteiger partial charge is 0.496 e. The molecule has 0 saturated heterocycles. The lowest BCUT2D eigenvalue weighted by molar-refractivity contribution is 0.416. The molecule has 2 aromatic rings. The molecule has 1 heterocycles. The Morgan fingerprint density at radius 3 is 2.80 bits per heavy atom. The first-order valence-electron chi connectivity index (χ1n) is 6.73. The van der Waals surface area contributed by atoms with Gasteiger partial charge in [-0.1, -0.05) is 19.1 Å². The molecule has 108 valence electrons. The highest BCUT2D eigenvalue weighted by molar-refractivity contribution is 7.16. The molecule has 0 aliphatic rings. The van der Waals surface area contributed by atoms with E-state index in [1.807, 2.05) is 31.3 Å². The Kier molecular flexibility index (Phi) is 4.98. The molecule has 0 spiro atoms. The maximum Gasteiger partial charge on any atom is 0.183 e. The van der Waals surface area contributed by atoms with Crippen molar-refractivity contribution in [1.29, 1.82) is 0 Å². The van der Waals surface area contributed by atoms with Crippen molar-refractivity contribution in [2.75, 3.05) is 26.0 Å². The van der Waals surface area contributed by atoms with Crippen LogP contribution in [0.5, 0.6) is 5.75 Å². The Morgan fingerprint density at radius 1 is 1.40 bits per heavy atom. The van der Waals surface area contributed by atoms with E-state index in [-0.39, 0.29) is 0 Å². The number of nitrogens with one attached hydrogen (secondary N) is 1. The highest BCUT2D eigenvalue weighted by Gasteiger charge is 2.19. The average molecular weight is 291 g/mol. The summed E-state index contributed by atoms with van der Waals surface area (Å²) >= 11 is 1.69. The number of thiazole rings is 1. The van der Waals surface area contributed by atoms with Gasteiger partial charge in [0.15, 0.2) is 5.13 Å². The molecule has 20 heavy (non-hydrogen) atoms. The number of hydrogen-bond donors (Lipinski definition) is 2. The van der Waals surface area contributed by atoms with Crippen LogP contribution in [0.25, 0.3) is 11.3 Å². The molecule has 2 rings (SSSR count). The molecule has 0 aliphatic heterocycles. The highest BCUT2D eigenvalue weighted by atomic mass is 32.1. The molecule has 0 fully saturated rings. The number of nitrogens with zero attached hydrogens (tertiary/aromatic N) is 1. The minimum absolute atomic E-state index is 0.388. The third kappa shape index (κ3) is 2.94. The Balaban J connectivity index is 2.51. The molecule has 0 aliphatic carbocycles. The second kappa shape index (κ2) is 6.72. The number of nitrogens with two attached hydrogens (primary N) is 1. The number of rotatable bonds is 6. The summed E-state index contributed by atoms with van der Waals surface area (Å²) in [4.78, 5) is 5.95. The van der Waals surface area contributed by atoms with Gasteiger partial charge in [-0.05, 0) is 31.0 Å². The average Bonchev–Trinajstić information content (AvgIpc) is 2.91. The van der Waals surface area contributed by atoms with Crippen LogP contribution in [0.2, 0.25) is 0 Å². The summed E-state index contributed by atoms with van der Waals surface area (Å²) in [6.45, 7) is 2.87. The van der Waals surface area contributed by atoms with Gasteiger partial charge >= 0.3 is 0 Å². The first-order valence-corrected chi connectivity index (χ1v) is 7.54. The van der Waals surface area contributed by atoms with Gasteiger partial charge in [-0.15, -0.1) is 11.3 Å². The highest BCUT2D eigenvalue weighted by Crippen LogP contribution is 2.40. The van der Waals surface area contributed by atoms with Gasteiger partial charge in [-0.25, -0.2) is 4.98 Å². The second-order valence-electron chi connectivity index (χ2n) is 4.66. The zero-order valence-corrected chi connectivity index (χ0v) is 13.0. The Labute approximate surface area is 124 Å². The van der Waals surface area contributed by atoms with E-state index >= 15 is 0 Å². The van der Waals surface area contributed by atoms with Gasteiger partial charge < -0.3 is 15.8 Å². The summed E-state index contributed by atoms with van der Waals surface area (Å²) in [5, 5.41) is 4.05. The van der Waals surface area contributed by atoms with Crippen LogP contribution in [0.1, 0.15) is 24.1 Å². The fourth-order valence-corrected chi connectivity index (χ4v) is 3.21. The fourth-order valence-electron chi connectivity index (χ4n) is 2.19. The van der Waals surface area contributed by atoms with Crippen LogP contribution < -0.4 is 15.8 Å². The molecule has 5 heteroatoms. The summed E-state index contributed by atoms with van der Waals surface area (Å²) < 4.78 is 5.46. The number of ether oxygens (including phenoxy) is 1. The van der Waals surface area contributed by atoms with Crippen molar-refractivity contribution in [1.82, 2.24) is 4.98 Å². The summed E-state index contributed by atoms with van der Waals surface area (Å²) in [7, 11) is 3.58. The molecule has 1 aromatic heterocycles. The third-order valence-electron chi connectivity index (χ3n) is 3.28. The Bertz CT molecular complexity index is 568. The van der Waals surface area contributed by atoms with Crippen LogP contribution in [-0.4, -0.2) is 25.7 Å². The van der Waals surface area contributed by atoms with E-state index < -0.39 is 0 Å². The molecule has 0 saturated carbocycles. The van der Waals surface area contributed by atoms with Crippen molar-refractivity contribution in [3.05, 3.63) is 29.1 Å². The minimum Gasteiger partial charge on any atom is -0.496 e. The number of aromatic nitrogens is 1. The lowest BCUT2D eigenvalue weighted by Crippen LogP contribution is -2.04. The molecule has 0 radical (unpaired) electrons. The van der Waals surface area contributed by atoms with Crippen LogP contribution >= 0.6 is 11.3 Å². The second-order valence-corrected chi connectivity index (χ2v) is 5.69. The molecule has 4 nitrogen and oxygen atoms in total. The number of anilines is 1. The van der Waals surface area contributed by atoms with Crippen molar-refractivity contribution in [3.63, 3.8) is 0 Å². The molecule has 0 bridgehead atoms. The van der Waals surface area contributed by atoms with E-state index in [1.165, 1.54) is 4.88 Å². The zero-order chi connectivity index (χ0) is 14.5. The van der Waals surface area contributed by atoms with Crippen molar-refractivity contribution in [2.24, 2.45) is 5.73 Å². The number of para-hydroxylation sites is 1. The standard InChI is InChI=1S/C15H21N3OS/c1-10(8-9-16)14-13(18-15(17-2)20-14)11-6-4-5-7-12(11)19-3/h4-7,10H,8-9,16H2,1-3H3,(H,17,18). The normalized spacial score (nSPS) is 12.2. The lowest BCUT2D eigenvalue weighted by atomic mass is 10.0. The molecule has 3 N–H and O–H groups in total. The van der Waals surface area contributed by atoms with Crippen molar-refractivity contribution < 1.29 is 4.74 Å². The number of methoxy groups -OCH3 is 1. The number of hydrogen-bond acceptors (Lipinski definition) is 5. The number of benzene rings is 1. The predicted molar refractivity (Wildman–Crippen MR) is 85.7 cm³/mol. The van der Waals surface area contributed by atoms with Gasteiger partial charge in [0.25, 0.3) is 0 Å². The molecular weight excluding hydrogens is 270 g/mol. The van der Waals surface area contributed by atoms with E-state index in [0.717, 1.165) is 28.6 Å². The maximum atomic E-state index is 5.69. The van der Waals surface area contributed by atoms with Crippen molar-refractivity contribution in [3.8, 4) is 17.0 Å². The quantitative estimate of drug-likeness (QED) is 0.857. The molecule has 1 atom stereocenters. The molecule has 0 amide bonds. The fraction of sp³-hybridized carbons (Fsp3) is 0.400. The minimum atomic E-state index is 0.388. The summed E-state index contributed by atoms with van der Waals surface area (Å²) in [6.07, 6.45) is 0.952. The molecule has 1 aromatic carbocycles. The van der Waals surface area contributed by atoms with Gasteiger partial charge in [-0.2, -0.15) is 0 Å². The lowest BCUT2D eigenvalue weighted by Gasteiger charge is -2.12. The van der Waals surface area contributed by atoms with Crippen LogP contribution in [0, 0.1) is 0 Å². The van der Waals surface area contributed by atoms with Crippen LogP contribution in [-0.2, 0) is 0 Å². The predicted octanol–water partition coefficient (Wildman–Crippen LogP) is 3.31. The van der Waals surface area contributed by atoms with E-state index in [4.69, 9.17) is 15.5 Å². The van der Waals surface area contributed by atoms with E-state index in [2.05, 4.69) is 12.2 Å². The van der Waals surface area contributed by atoms with E-state index in [0.29, 0.717) is 12.5 Å². The van der Waals surface area contributed by atoms with Crippen LogP contribution in [0.4, 0.5) is 5.13 Å². The Hall–Kier alpha value is -1.59. The zero-order valence-electron chi connectivity index (χ0n) is 12.1. The third-order valence-corrected chi connectivity index (χ3v) is 4.58. The SMILES string of the molecule is CNc1nc(-c2ccccc2OC)c(C(C)CCN)s1. The van der Waals surface area contributed by atoms with Gasteiger partial charge in [-0.3, -0.25) is 0 Å². The van der Waals surface area contributed by atoms with Gasteiger partial charge in [0, 0.05) is 17.5 Å². The Morgan fingerprint density at radius 2 is 2.15 bits per heavy atom. The van der Waals surface area contributed by atoms with Gasteiger partial charge in [0.05, 0.1) is 12.8 Å².